The van der Waals surface area contributed by atoms with Crippen LogP contribution in [0.2, 0.25) is 0 Å². The molecule has 1 atom stereocenters. The number of carbonyl (C=O) groups is 3. The van der Waals surface area contributed by atoms with Crippen molar-refractivity contribution >= 4 is 29.1 Å². The van der Waals surface area contributed by atoms with Gasteiger partial charge in [-0.2, -0.15) is 0 Å². The Morgan fingerprint density at radius 3 is 2.44 bits per heavy atom. The fourth-order valence-electron chi connectivity index (χ4n) is 3.91. The molecule has 3 heterocycles. The molecule has 1 unspecified atom stereocenters. The molecular weight excluding hydrogens is 362 g/mol. The Balaban J connectivity index is 1.68. The zero-order valence-electron chi connectivity index (χ0n) is 16.2. The quantitative estimate of drug-likeness (QED) is 0.795. The van der Waals surface area contributed by atoms with Gasteiger partial charge in [0.1, 0.15) is 6.04 Å². The molecule has 7 heteroatoms. The number of likely N-dealkylation sites (tertiary alicyclic amines) is 1. The first kappa shape index (κ1) is 19.9. The van der Waals surface area contributed by atoms with E-state index < -0.39 is 0 Å². The van der Waals surface area contributed by atoms with E-state index in [1.165, 1.54) is 11.3 Å². The van der Waals surface area contributed by atoms with Crippen LogP contribution < -0.4 is 0 Å². The van der Waals surface area contributed by atoms with Gasteiger partial charge in [0.25, 0.3) is 5.91 Å². The first-order valence-corrected chi connectivity index (χ1v) is 10.8. The molecule has 2 aliphatic rings. The maximum Gasteiger partial charge on any atom is 0.264 e. The van der Waals surface area contributed by atoms with E-state index in [1.54, 1.807) is 4.90 Å². The number of hydrogen-bond donors (Lipinski definition) is 0. The van der Waals surface area contributed by atoms with Crippen LogP contribution >= 0.6 is 11.3 Å². The van der Waals surface area contributed by atoms with Gasteiger partial charge < -0.3 is 14.7 Å². The Kier molecular flexibility index (Phi) is 6.52. The number of amides is 3. The summed E-state index contributed by atoms with van der Waals surface area (Å²) in [5, 5.41) is 1.89. The zero-order valence-corrected chi connectivity index (χ0v) is 17.0. The molecule has 1 aromatic rings. The van der Waals surface area contributed by atoms with Gasteiger partial charge in [0.05, 0.1) is 4.88 Å². The summed E-state index contributed by atoms with van der Waals surface area (Å²) in [6, 6.07) is 3.32. The first-order chi connectivity index (χ1) is 13.0. The molecule has 0 radical (unpaired) electrons. The van der Waals surface area contributed by atoms with Crippen LogP contribution in [0.5, 0.6) is 0 Å². The number of rotatable bonds is 3. The molecule has 0 aromatic carbocycles. The summed E-state index contributed by atoms with van der Waals surface area (Å²) in [6.07, 6.45) is 3.42. The monoisotopic (exact) mass is 391 g/mol. The average Bonchev–Trinajstić information content (AvgIpc) is 3.11. The molecule has 6 nitrogen and oxygen atoms in total. The Bertz CT molecular complexity index is 674. The van der Waals surface area contributed by atoms with Crippen molar-refractivity contribution in [1.29, 1.82) is 0 Å². The second-order valence-corrected chi connectivity index (χ2v) is 8.59. The maximum absolute atomic E-state index is 13.2. The molecular formula is C20H29N3O3S. The lowest BCUT2D eigenvalue weighted by Crippen LogP contribution is -2.53. The van der Waals surface area contributed by atoms with E-state index in [0.717, 1.165) is 25.7 Å². The second kappa shape index (κ2) is 8.87. The molecule has 3 rings (SSSR count). The SMILES string of the molecule is CC(C)C(=O)N1CCCN(C(=O)C2CCCCN2C(=O)c2cccs2)CC1. The van der Waals surface area contributed by atoms with E-state index in [0.29, 0.717) is 37.6 Å². The Hall–Kier alpha value is -1.89. The van der Waals surface area contributed by atoms with E-state index in [2.05, 4.69) is 0 Å². The van der Waals surface area contributed by atoms with Gasteiger partial charge in [-0.25, -0.2) is 0 Å². The molecule has 27 heavy (non-hydrogen) atoms. The maximum atomic E-state index is 13.2. The van der Waals surface area contributed by atoms with Gasteiger partial charge in [-0.1, -0.05) is 19.9 Å². The Morgan fingerprint density at radius 1 is 1.00 bits per heavy atom. The van der Waals surface area contributed by atoms with Crippen LogP contribution in [-0.2, 0) is 9.59 Å². The van der Waals surface area contributed by atoms with Crippen LogP contribution in [0.1, 0.15) is 49.2 Å². The van der Waals surface area contributed by atoms with E-state index in [9.17, 15) is 14.4 Å². The van der Waals surface area contributed by atoms with Crippen LogP contribution in [0, 0.1) is 5.92 Å². The molecule has 2 aliphatic heterocycles. The average molecular weight is 392 g/mol. The van der Waals surface area contributed by atoms with Crippen LogP contribution in [0.3, 0.4) is 0 Å². The fourth-order valence-corrected chi connectivity index (χ4v) is 4.59. The van der Waals surface area contributed by atoms with Crippen LogP contribution in [0.25, 0.3) is 0 Å². The lowest BCUT2D eigenvalue weighted by Gasteiger charge is -2.37. The number of thiophene rings is 1. The molecule has 0 bridgehead atoms. The molecule has 2 fully saturated rings. The summed E-state index contributed by atoms with van der Waals surface area (Å²) in [7, 11) is 0. The van der Waals surface area contributed by atoms with Gasteiger partial charge in [-0.15, -0.1) is 11.3 Å². The summed E-state index contributed by atoms with van der Waals surface area (Å²) in [5.74, 6) is 0.133. The number of nitrogens with zero attached hydrogens (tertiary/aromatic N) is 3. The van der Waals surface area contributed by atoms with Crippen molar-refractivity contribution in [3.05, 3.63) is 22.4 Å². The summed E-state index contributed by atoms with van der Waals surface area (Å²) < 4.78 is 0. The largest absolute Gasteiger partial charge is 0.341 e. The molecule has 1 aromatic heterocycles. The Morgan fingerprint density at radius 2 is 1.74 bits per heavy atom. The predicted molar refractivity (Wildman–Crippen MR) is 106 cm³/mol. The van der Waals surface area contributed by atoms with Crippen molar-refractivity contribution in [3.63, 3.8) is 0 Å². The zero-order chi connectivity index (χ0) is 19.4. The highest BCUT2D eigenvalue weighted by atomic mass is 32.1. The van der Waals surface area contributed by atoms with Crippen molar-refractivity contribution in [2.24, 2.45) is 5.92 Å². The van der Waals surface area contributed by atoms with Gasteiger partial charge in [-0.3, -0.25) is 14.4 Å². The topological polar surface area (TPSA) is 60.9 Å². The molecule has 0 N–H and O–H groups in total. The van der Waals surface area contributed by atoms with Crippen molar-refractivity contribution in [2.45, 2.75) is 45.6 Å². The van der Waals surface area contributed by atoms with Gasteiger partial charge >= 0.3 is 0 Å². The molecule has 0 saturated carbocycles. The highest BCUT2D eigenvalue weighted by Gasteiger charge is 2.36. The number of piperidine rings is 1. The van der Waals surface area contributed by atoms with Crippen molar-refractivity contribution in [2.75, 3.05) is 32.7 Å². The highest BCUT2D eigenvalue weighted by Crippen LogP contribution is 2.23. The second-order valence-electron chi connectivity index (χ2n) is 7.65. The molecule has 0 aliphatic carbocycles. The summed E-state index contributed by atoms with van der Waals surface area (Å²) in [6.45, 7) is 6.93. The first-order valence-electron chi connectivity index (χ1n) is 9.91. The van der Waals surface area contributed by atoms with E-state index in [-0.39, 0.29) is 29.7 Å². The van der Waals surface area contributed by atoms with Crippen molar-refractivity contribution in [3.8, 4) is 0 Å². The molecule has 3 amide bonds. The van der Waals surface area contributed by atoms with Crippen LogP contribution in [0.15, 0.2) is 17.5 Å². The van der Waals surface area contributed by atoms with Gasteiger partial charge in [-0.05, 0) is 37.1 Å². The smallest absolute Gasteiger partial charge is 0.264 e. The Labute approximate surface area is 165 Å². The van der Waals surface area contributed by atoms with Crippen molar-refractivity contribution in [1.82, 2.24) is 14.7 Å². The predicted octanol–water partition coefficient (Wildman–Crippen LogP) is 2.46. The molecule has 148 valence electrons. The minimum atomic E-state index is -0.374. The minimum Gasteiger partial charge on any atom is -0.341 e. The fraction of sp³-hybridized carbons (Fsp3) is 0.650. The van der Waals surface area contributed by atoms with Gasteiger partial charge in [0, 0.05) is 38.6 Å². The third-order valence-corrected chi connectivity index (χ3v) is 6.25. The highest BCUT2D eigenvalue weighted by molar-refractivity contribution is 7.12. The van der Waals surface area contributed by atoms with Gasteiger partial charge in [0.15, 0.2) is 0 Å². The van der Waals surface area contributed by atoms with Crippen LogP contribution in [-0.4, -0.2) is 71.2 Å². The summed E-state index contributed by atoms with van der Waals surface area (Å²) >= 11 is 1.42. The van der Waals surface area contributed by atoms with E-state index in [4.69, 9.17) is 0 Å². The van der Waals surface area contributed by atoms with Crippen molar-refractivity contribution < 1.29 is 14.4 Å². The number of hydrogen-bond acceptors (Lipinski definition) is 4. The van der Waals surface area contributed by atoms with Gasteiger partial charge in [0.2, 0.25) is 11.8 Å². The third kappa shape index (κ3) is 4.51. The summed E-state index contributed by atoms with van der Waals surface area (Å²) in [5.41, 5.74) is 0. The van der Waals surface area contributed by atoms with E-state index >= 15 is 0 Å². The summed E-state index contributed by atoms with van der Waals surface area (Å²) in [4.78, 5) is 44.5. The molecule has 0 spiro atoms. The normalized spacial score (nSPS) is 21.3. The van der Waals surface area contributed by atoms with E-state index in [1.807, 2.05) is 41.2 Å². The minimum absolute atomic E-state index is 0.0236. The molecule has 2 saturated heterocycles. The number of carbonyl (C=O) groups excluding carboxylic acids is 3. The lowest BCUT2D eigenvalue weighted by molar-refractivity contribution is -0.138. The standard InChI is InChI=1S/C20H29N3O3S/c1-15(2)18(24)21-9-6-10-22(13-12-21)19(25)16-7-3-4-11-23(16)20(26)17-8-5-14-27-17/h5,8,14-16H,3-4,6-7,9-13H2,1-2H3. The third-order valence-electron chi connectivity index (χ3n) is 5.39. The lowest BCUT2D eigenvalue weighted by atomic mass is 10.0. The van der Waals surface area contributed by atoms with Crippen LogP contribution in [0.4, 0.5) is 0 Å².